The highest BCUT2D eigenvalue weighted by molar-refractivity contribution is 9.09. The molecule has 5 nitrogen and oxygen atoms in total. The summed E-state index contributed by atoms with van der Waals surface area (Å²) in [4.78, 5) is 5.25. The third-order valence-corrected chi connectivity index (χ3v) is 10.6. The van der Waals surface area contributed by atoms with Gasteiger partial charge in [-0.2, -0.15) is 0 Å². The van der Waals surface area contributed by atoms with Crippen molar-refractivity contribution in [3.05, 3.63) is 0 Å². The first-order valence-corrected chi connectivity index (χ1v) is 22.3. The number of unbranched alkanes of at least 4 members (excludes halogenated alkanes) is 26. The third-order valence-electron chi connectivity index (χ3n) is 7.99. The molecule has 0 saturated heterocycles. The molecule has 0 heterocycles. The van der Waals surface area contributed by atoms with E-state index in [0.29, 0.717) is 17.9 Å². The average Bonchev–Trinajstić information content (AvgIpc) is 3.01. The van der Waals surface area contributed by atoms with E-state index in [4.69, 9.17) is 18.6 Å². The second kappa shape index (κ2) is 37.4. The Morgan fingerprint density at radius 2 is 0.860 bits per heavy atom. The molecule has 0 fully saturated rings. The second-order valence-electron chi connectivity index (χ2n) is 12.2. The molecule has 0 radical (unpaired) electrons. The van der Waals surface area contributed by atoms with Crippen molar-refractivity contribution in [3.63, 3.8) is 0 Å². The van der Waals surface area contributed by atoms with Crippen LogP contribution >= 0.6 is 35.5 Å². The van der Waals surface area contributed by atoms with Gasteiger partial charge in [-0.3, -0.25) is 9.05 Å². The summed E-state index contributed by atoms with van der Waals surface area (Å²) >= 11 is 4.95. The Morgan fingerprint density at radius 1 is 0.488 bits per heavy atom. The molecule has 1 atom stereocenters. The molecule has 260 valence electrons. The Morgan fingerprint density at radius 3 is 1.26 bits per heavy atom. The summed E-state index contributed by atoms with van der Waals surface area (Å²) in [6.45, 7) is 5.22. The number of hydrogen-bond acceptors (Lipinski definition) is 6. The average molecular weight is 716 g/mol. The molecule has 8 heteroatoms. The van der Waals surface area contributed by atoms with Crippen LogP contribution in [0.5, 0.6) is 0 Å². The summed E-state index contributed by atoms with van der Waals surface area (Å²) < 4.78 is 28.9. The van der Waals surface area contributed by atoms with E-state index in [-0.39, 0.29) is 6.61 Å². The van der Waals surface area contributed by atoms with Gasteiger partial charge >= 0.3 is 7.82 Å². The van der Waals surface area contributed by atoms with Crippen molar-refractivity contribution in [2.75, 3.05) is 30.2 Å². The van der Waals surface area contributed by atoms with E-state index in [9.17, 15) is 4.57 Å². The van der Waals surface area contributed by atoms with Gasteiger partial charge in [0, 0.05) is 5.33 Å². The van der Waals surface area contributed by atoms with Gasteiger partial charge in [0.1, 0.15) is 5.94 Å². The Hall–Kier alpha value is 0.900. The summed E-state index contributed by atoms with van der Waals surface area (Å²) in [7, 11) is -3.69. The van der Waals surface area contributed by atoms with Gasteiger partial charge in [-0.05, 0) is 18.6 Å². The first-order chi connectivity index (χ1) is 21.2. The minimum Gasteiger partial charge on any atom is -0.284 e. The van der Waals surface area contributed by atoms with Crippen molar-refractivity contribution in [2.24, 2.45) is 0 Å². The monoisotopic (exact) mass is 714 g/mol. The van der Waals surface area contributed by atoms with Crippen LogP contribution < -0.4 is 0 Å². The van der Waals surface area contributed by atoms with Gasteiger partial charge in [-0.15, -0.1) is 16.4 Å². The summed E-state index contributed by atoms with van der Waals surface area (Å²) in [5.74, 6) is 1.29. The van der Waals surface area contributed by atoms with E-state index in [0.717, 1.165) is 25.0 Å². The normalized spacial score (nSPS) is 13.1. The van der Waals surface area contributed by atoms with Gasteiger partial charge in [0.2, 0.25) is 0 Å². The van der Waals surface area contributed by atoms with Crippen LogP contribution in [-0.2, 0) is 23.2 Å². The molecule has 0 aliphatic heterocycles. The molecular weight excluding hydrogens is 643 g/mol. The minimum atomic E-state index is -3.69. The summed E-state index contributed by atoms with van der Waals surface area (Å²) in [6.07, 6.45) is 37.4. The third kappa shape index (κ3) is 35.6. The van der Waals surface area contributed by atoms with Gasteiger partial charge in [0.15, 0.2) is 0 Å². The fourth-order valence-corrected chi connectivity index (χ4v) is 7.68. The van der Waals surface area contributed by atoms with Crippen molar-refractivity contribution in [2.45, 2.75) is 194 Å². The van der Waals surface area contributed by atoms with E-state index < -0.39 is 7.82 Å². The largest absolute Gasteiger partial charge is 0.502 e. The number of alkyl halides is 1. The lowest BCUT2D eigenvalue weighted by molar-refractivity contribution is -0.226. The molecule has 0 aromatic carbocycles. The van der Waals surface area contributed by atoms with Crippen molar-refractivity contribution in [1.82, 2.24) is 0 Å². The second-order valence-corrected chi connectivity index (χ2v) is 15.6. The van der Waals surface area contributed by atoms with E-state index in [1.165, 1.54) is 161 Å². The van der Waals surface area contributed by atoms with Gasteiger partial charge in [0.05, 0.1) is 13.2 Å². The molecule has 0 bridgehead atoms. The highest BCUT2D eigenvalue weighted by Crippen LogP contribution is 2.50. The van der Waals surface area contributed by atoms with Crippen molar-refractivity contribution < 1.29 is 23.2 Å². The number of rotatable bonds is 38. The number of thioether (sulfide) groups is 1. The highest BCUT2D eigenvalue weighted by Gasteiger charge is 2.28. The molecule has 0 aromatic rings. The van der Waals surface area contributed by atoms with Crippen molar-refractivity contribution in [3.8, 4) is 0 Å². The van der Waals surface area contributed by atoms with E-state index >= 15 is 0 Å². The van der Waals surface area contributed by atoms with Crippen molar-refractivity contribution >= 4 is 35.5 Å². The molecule has 1 unspecified atom stereocenters. The zero-order valence-corrected chi connectivity index (χ0v) is 31.9. The molecule has 0 spiro atoms. The zero-order chi connectivity index (χ0) is 31.4. The summed E-state index contributed by atoms with van der Waals surface area (Å²) in [6, 6.07) is 0. The summed E-state index contributed by atoms with van der Waals surface area (Å²) in [5, 5.41) is 0.564. The highest BCUT2D eigenvalue weighted by atomic mass is 79.9. The van der Waals surface area contributed by atoms with Crippen LogP contribution in [0.3, 0.4) is 0 Å². The van der Waals surface area contributed by atoms with Gasteiger partial charge in [-0.25, -0.2) is 9.45 Å². The van der Waals surface area contributed by atoms with Gasteiger partial charge in [-0.1, -0.05) is 197 Å². The summed E-state index contributed by atoms with van der Waals surface area (Å²) in [5.41, 5.74) is 0. The lowest BCUT2D eigenvalue weighted by Crippen LogP contribution is -2.04. The number of phosphoric acid groups is 1. The Bertz CT molecular complexity index is 572. The Labute approximate surface area is 281 Å². The number of phosphoric ester groups is 1. The van der Waals surface area contributed by atoms with E-state index in [2.05, 4.69) is 29.8 Å². The molecule has 0 N–H and O–H groups in total. The first kappa shape index (κ1) is 43.9. The maximum Gasteiger partial charge on any atom is 0.502 e. The van der Waals surface area contributed by atoms with E-state index in [1.54, 1.807) is 11.8 Å². The fraction of sp³-hybridized carbons (Fsp3) is 1.00. The van der Waals surface area contributed by atoms with Crippen LogP contribution in [0.15, 0.2) is 0 Å². The van der Waals surface area contributed by atoms with Crippen LogP contribution in [0, 0.1) is 0 Å². The smallest absolute Gasteiger partial charge is 0.284 e. The predicted molar refractivity (Wildman–Crippen MR) is 193 cm³/mol. The van der Waals surface area contributed by atoms with Gasteiger partial charge < -0.3 is 0 Å². The number of hydrogen-bond donors (Lipinski definition) is 0. The molecule has 0 aromatic heterocycles. The molecule has 0 rings (SSSR count). The van der Waals surface area contributed by atoms with E-state index in [1.807, 2.05) is 0 Å². The van der Waals surface area contributed by atoms with Crippen LogP contribution in [-0.4, -0.2) is 30.2 Å². The van der Waals surface area contributed by atoms with Gasteiger partial charge in [0.25, 0.3) is 0 Å². The lowest BCUT2D eigenvalue weighted by Gasteiger charge is -2.16. The lowest BCUT2D eigenvalue weighted by atomic mass is 10.0. The maximum atomic E-state index is 12.9. The molecule has 0 aliphatic rings. The fourth-order valence-electron chi connectivity index (χ4n) is 5.24. The van der Waals surface area contributed by atoms with Crippen LogP contribution in [0.25, 0.3) is 0 Å². The first-order valence-electron chi connectivity index (χ1n) is 18.5. The zero-order valence-electron chi connectivity index (χ0n) is 28.6. The predicted octanol–water partition coefficient (Wildman–Crippen LogP) is 14.1. The van der Waals surface area contributed by atoms with Crippen LogP contribution in [0.2, 0.25) is 0 Å². The minimum absolute atomic E-state index is 0.253. The van der Waals surface area contributed by atoms with Crippen LogP contribution in [0.4, 0.5) is 0 Å². The molecule has 0 aliphatic carbocycles. The molecule has 0 saturated carbocycles. The van der Waals surface area contributed by atoms with Crippen LogP contribution in [0.1, 0.15) is 194 Å². The Kier molecular flexibility index (Phi) is 38.1. The Balaban J connectivity index is 3.58. The molecule has 43 heavy (non-hydrogen) atoms. The SMILES string of the molecule is CCCCCCCCCCCCCCCCOOP(=O)(OCCBr)OCSCCCCCCCCCCCCCCCC. The molecule has 0 amide bonds. The maximum absolute atomic E-state index is 12.9. The quantitative estimate of drug-likeness (QED) is 0.0158. The topological polar surface area (TPSA) is 54.0 Å². The molecular formula is C35H72BrO5PS. The standard InChI is InChI=1S/C35H72BrO5PS/c1-3-5-7-9-11-13-15-17-19-21-23-25-27-29-32-38-41-42(37,39-33-31-36)40-35-43-34-30-28-26-24-22-20-18-16-14-12-10-8-6-4-2/h3-35H2,1-2H3. The van der Waals surface area contributed by atoms with Crippen molar-refractivity contribution in [1.29, 1.82) is 0 Å². The number of halogens is 1.